The van der Waals surface area contributed by atoms with E-state index in [1.165, 1.54) is 7.11 Å². The van der Waals surface area contributed by atoms with Crippen molar-refractivity contribution in [2.45, 2.75) is 38.9 Å². The first kappa shape index (κ1) is 16.3. The molecule has 2 N–H and O–H groups in total. The van der Waals surface area contributed by atoms with Crippen molar-refractivity contribution >= 4 is 15.9 Å². The molecule has 0 aromatic heterocycles. The summed E-state index contributed by atoms with van der Waals surface area (Å²) in [4.78, 5) is 0. The van der Waals surface area contributed by atoms with Gasteiger partial charge in [0.2, 0.25) is 0 Å². The number of alkyl halides is 3. The lowest BCUT2D eigenvalue weighted by atomic mass is 9.95. The van der Waals surface area contributed by atoms with Gasteiger partial charge in [0.25, 0.3) is 0 Å². The molecule has 1 unspecified atom stereocenters. The van der Waals surface area contributed by atoms with Crippen LogP contribution in [0.3, 0.4) is 0 Å². The van der Waals surface area contributed by atoms with Crippen molar-refractivity contribution in [2.75, 3.05) is 7.11 Å². The lowest BCUT2D eigenvalue weighted by molar-refractivity contribution is -0.136. The first-order valence-corrected chi connectivity index (χ1v) is 6.62. The van der Waals surface area contributed by atoms with Gasteiger partial charge in [0.05, 0.1) is 7.11 Å². The van der Waals surface area contributed by atoms with E-state index in [0.717, 1.165) is 15.6 Å². The van der Waals surface area contributed by atoms with Crippen molar-refractivity contribution < 1.29 is 17.9 Å². The molecule has 1 aromatic carbocycles. The molecule has 6 heteroatoms. The topological polar surface area (TPSA) is 35.2 Å². The van der Waals surface area contributed by atoms with Crippen molar-refractivity contribution in [3.05, 3.63) is 27.2 Å². The van der Waals surface area contributed by atoms with Crippen molar-refractivity contribution in [2.24, 2.45) is 5.73 Å². The van der Waals surface area contributed by atoms with E-state index in [1.807, 2.05) is 19.9 Å². The van der Waals surface area contributed by atoms with Crippen molar-refractivity contribution in [3.63, 3.8) is 0 Å². The largest absolute Gasteiger partial charge is 0.496 e. The number of halogens is 4. The summed E-state index contributed by atoms with van der Waals surface area (Å²) in [5.41, 5.74) is 8.22. The second kappa shape index (κ2) is 6.13. The van der Waals surface area contributed by atoms with Crippen LogP contribution in [0.15, 0.2) is 10.5 Å². The molecule has 0 fully saturated rings. The molecule has 0 bridgehead atoms. The fourth-order valence-electron chi connectivity index (χ4n) is 2.06. The summed E-state index contributed by atoms with van der Waals surface area (Å²) in [7, 11) is 1.50. The summed E-state index contributed by atoms with van der Waals surface area (Å²) in [5.74, 6) is 0.565. The van der Waals surface area contributed by atoms with Crippen LogP contribution in [-0.2, 0) is 0 Å². The molecule has 0 aliphatic rings. The van der Waals surface area contributed by atoms with E-state index in [4.69, 9.17) is 10.5 Å². The van der Waals surface area contributed by atoms with Crippen LogP contribution in [0.4, 0.5) is 13.2 Å². The molecule has 0 spiro atoms. The SMILES string of the molecule is COc1c(C)cc(Br)c(C)c1C(N)CCC(F)(F)F. The average molecular weight is 340 g/mol. The van der Waals surface area contributed by atoms with E-state index < -0.39 is 18.6 Å². The molecule has 0 amide bonds. The number of rotatable bonds is 4. The van der Waals surface area contributed by atoms with Crippen LogP contribution in [0.25, 0.3) is 0 Å². The Balaban J connectivity index is 3.11. The van der Waals surface area contributed by atoms with Gasteiger partial charge in [-0.1, -0.05) is 15.9 Å². The molecule has 0 radical (unpaired) electrons. The van der Waals surface area contributed by atoms with Gasteiger partial charge in [-0.15, -0.1) is 0 Å². The predicted octanol–water partition coefficient (Wildman–Crippen LogP) is 4.42. The third-order valence-corrected chi connectivity index (χ3v) is 3.85. The Labute approximate surface area is 119 Å². The fourth-order valence-corrected chi connectivity index (χ4v) is 2.61. The van der Waals surface area contributed by atoms with Crippen molar-refractivity contribution in [3.8, 4) is 5.75 Å². The van der Waals surface area contributed by atoms with Crippen LogP contribution < -0.4 is 10.5 Å². The van der Waals surface area contributed by atoms with Gasteiger partial charge in [0.1, 0.15) is 5.75 Å². The average Bonchev–Trinajstić information content (AvgIpc) is 2.29. The molecular weight excluding hydrogens is 323 g/mol. The van der Waals surface area contributed by atoms with Crippen molar-refractivity contribution in [1.82, 2.24) is 0 Å². The molecule has 2 nitrogen and oxygen atoms in total. The summed E-state index contributed by atoms with van der Waals surface area (Å²) >= 11 is 3.39. The summed E-state index contributed by atoms with van der Waals surface area (Å²) in [6, 6.07) is 1.17. The van der Waals surface area contributed by atoms with Crippen LogP contribution in [0, 0.1) is 13.8 Å². The standard InChI is InChI=1S/C13H17BrF3NO/c1-7-6-9(14)8(2)11(12(7)19-3)10(18)4-5-13(15,16)17/h6,10H,4-5,18H2,1-3H3. The van der Waals surface area contributed by atoms with Gasteiger partial charge in [-0.3, -0.25) is 0 Å². The number of ether oxygens (including phenoxy) is 1. The second-order valence-corrected chi connectivity index (χ2v) is 5.36. The monoisotopic (exact) mass is 339 g/mol. The van der Waals surface area contributed by atoms with Gasteiger partial charge in [0.15, 0.2) is 0 Å². The second-order valence-electron chi connectivity index (χ2n) is 4.51. The highest BCUT2D eigenvalue weighted by Gasteiger charge is 2.29. The number of hydrogen-bond acceptors (Lipinski definition) is 2. The summed E-state index contributed by atoms with van der Waals surface area (Å²) in [6.07, 6.45) is -5.25. The summed E-state index contributed by atoms with van der Waals surface area (Å²) in [5, 5.41) is 0. The minimum atomic E-state index is -4.19. The first-order valence-electron chi connectivity index (χ1n) is 5.83. The molecule has 0 heterocycles. The van der Waals surface area contributed by atoms with Gasteiger partial charge in [-0.25, -0.2) is 0 Å². The van der Waals surface area contributed by atoms with E-state index in [0.29, 0.717) is 11.3 Å². The minimum absolute atomic E-state index is 0.156. The normalized spacial score (nSPS) is 13.5. The van der Waals surface area contributed by atoms with Crippen LogP contribution in [0.2, 0.25) is 0 Å². The fraction of sp³-hybridized carbons (Fsp3) is 0.538. The highest BCUT2D eigenvalue weighted by molar-refractivity contribution is 9.10. The maximum absolute atomic E-state index is 12.3. The number of aryl methyl sites for hydroxylation is 1. The Morgan fingerprint density at radius 3 is 2.42 bits per heavy atom. The maximum Gasteiger partial charge on any atom is 0.389 e. The molecule has 0 saturated heterocycles. The highest BCUT2D eigenvalue weighted by atomic mass is 79.9. The quantitative estimate of drug-likeness (QED) is 0.881. The van der Waals surface area contributed by atoms with E-state index in [-0.39, 0.29) is 6.42 Å². The van der Waals surface area contributed by atoms with E-state index >= 15 is 0 Å². The number of hydrogen-bond donors (Lipinski definition) is 1. The highest BCUT2D eigenvalue weighted by Crippen LogP contribution is 2.38. The van der Waals surface area contributed by atoms with Crippen LogP contribution in [-0.4, -0.2) is 13.3 Å². The summed E-state index contributed by atoms with van der Waals surface area (Å²) in [6.45, 7) is 3.65. The van der Waals surface area contributed by atoms with Crippen molar-refractivity contribution in [1.29, 1.82) is 0 Å². The Bertz CT molecular complexity index is 460. The first-order chi connectivity index (χ1) is 8.67. The summed E-state index contributed by atoms with van der Waals surface area (Å²) < 4.78 is 42.9. The molecule has 1 rings (SSSR count). The number of nitrogens with two attached hydrogens (primary N) is 1. The van der Waals surface area contributed by atoms with E-state index in [1.54, 1.807) is 0 Å². The molecule has 19 heavy (non-hydrogen) atoms. The van der Waals surface area contributed by atoms with E-state index in [9.17, 15) is 13.2 Å². The maximum atomic E-state index is 12.3. The molecule has 0 aliphatic carbocycles. The third-order valence-electron chi connectivity index (χ3n) is 3.02. The van der Waals surface area contributed by atoms with E-state index in [2.05, 4.69) is 15.9 Å². The van der Waals surface area contributed by atoms with Crippen LogP contribution in [0.1, 0.15) is 35.6 Å². The Hall–Kier alpha value is -0.750. The molecule has 1 atom stereocenters. The lowest BCUT2D eigenvalue weighted by Gasteiger charge is -2.21. The predicted molar refractivity (Wildman–Crippen MR) is 72.4 cm³/mol. The van der Waals surface area contributed by atoms with Gasteiger partial charge >= 0.3 is 6.18 Å². The smallest absolute Gasteiger partial charge is 0.389 e. The molecule has 1 aromatic rings. The Morgan fingerprint density at radius 2 is 1.95 bits per heavy atom. The zero-order valence-electron chi connectivity index (χ0n) is 11.1. The zero-order valence-corrected chi connectivity index (χ0v) is 12.7. The third kappa shape index (κ3) is 4.11. The van der Waals surface area contributed by atoms with Crippen LogP contribution >= 0.6 is 15.9 Å². The molecule has 108 valence electrons. The van der Waals surface area contributed by atoms with Crippen LogP contribution in [0.5, 0.6) is 5.75 Å². The number of benzene rings is 1. The Morgan fingerprint density at radius 1 is 1.37 bits per heavy atom. The van der Waals surface area contributed by atoms with Gasteiger partial charge in [0, 0.05) is 22.5 Å². The van der Waals surface area contributed by atoms with Gasteiger partial charge < -0.3 is 10.5 Å². The Kier molecular flexibility index (Phi) is 5.26. The van der Waals surface area contributed by atoms with Gasteiger partial charge in [-0.2, -0.15) is 13.2 Å². The molecule has 0 saturated carbocycles. The van der Waals surface area contributed by atoms with Gasteiger partial charge in [-0.05, 0) is 37.5 Å². The molecule has 0 aliphatic heterocycles. The number of methoxy groups -OCH3 is 1. The lowest BCUT2D eigenvalue weighted by Crippen LogP contribution is -2.18. The minimum Gasteiger partial charge on any atom is -0.496 e. The molecular formula is C13H17BrF3NO. The zero-order chi connectivity index (χ0) is 14.8.